The summed E-state index contributed by atoms with van der Waals surface area (Å²) >= 11 is 7.09. The second-order valence-electron chi connectivity index (χ2n) is 6.63. The highest BCUT2D eigenvalue weighted by Gasteiger charge is 2.16. The number of anilines is 1. The van der Waals surface area contributed by atoms with Crippen LogP contribution in [0.1, 0.15) is 12.1 Å². The molecule has 10 heteroatoms. The van der Waals surface area contributed by atoms with E-state index in [1.165, 1.54) is 11.3 Å². The van der Waals surface area contributed by atoms with Crippen LogP contribution in [0.3, 0.4) is 0 Å². The van der Waals surface area contributed by atoms with Crippen molar-refractivity contribution in [3.63, 3.8) is 0 Å². The number of ether oxygens (including phenoxy) is 1. The van der Waals surface area contributed by atoms with Crippen molar-refractivity contribution in [1.29, 1.82) is 0 Å². The molecular formula is C21H19ClN4O3S2. The monoisotopic (exact) mass is 474 g/mol. The first-order valence-corrected chi connectivity index (χ1v) is 12.2. The van der Waals surface area contributed by atoms with Crippen molar-refractivity contribution in [2.24, 2.45) is 0 Å². The van der Waals surface area contributed by atoms with Gasteiger partial charge in [0.2, 0.25) is 0 Å². The van der Waals surface area contributed by atoms with Gasteiger partial charge in [-0.25, -0.2) is 18.4 Å². The first kappa shape index (κ1) is 21.4. The third kappa shape index (κ3) is 5.63. The molecule has 4 aromatic rings. The number of thiazole rings is 1. The Bertz CT molecular complexity index is 1220. The van der Waals surface area contributed by atoms with Crippen LogP contribution in [0, 0.1) is 0 Å². The largest absolute Gasteiger partial charge is 0.494 e. The molecule has 0 saturated carbocycles. The van der Waals surface area contributed by atoms with Gasteiger partial charge in [-0.3, -0.25) is 4.72 Å². The van der Waals surface area contributed by atoms with Crippen LogP contribution in [0.25, 0.3) is 11.4 Å². The Balaban J connectivity index is 1.32. The Kier molecular flexibility index (Phi) is 6.55. The van der Waals surface area contributed by atoms with Gasteiger partial charge in [-0.1, -0.05) is 11.6 Å². The summed E-state index contributed by atoms with van der Waals surface area (Å²) in [4.78, 5) is 11.8. The number of hydrogen-bond acceptors (Lipinski definition) is 6. The zero-order chi connectivity index (χ0) is 21.7. The molecule has 0 bridgehead atoms. The molecular weight excluding hydrogens is 456 g/mol. The van der Waals surface area contributed by atoms with E-state index in [1.54, 1.807) is 54.2 Å². The Morgan fingerprint density at radius 3 is 2.55 bits per heavy atom. The number of imidazole rings is 1. The van der Waals surface area contributed by atoms with Crippen LogP contribution in [-0.2, 0) is 16.4 Å². The summed E-state index contributed by atoms with van der Waals surface area (Å²) in [6.45, 7) is 0.578. The average Bonchev–Trinajstić information content (AvgIpc) is 3.44. The lowest BCUT2D eigenvalue weighted by Gasteiger charge is -2.06. The van der Waals surface area contributed by atoms with Crippen LogP contribution in [-0.4, -0.2) is 30.0 Å². The van der Waals surface area contributed by atoms with E-state index in [-0.39, 0.29) is 4.90 Å². The number of aromatic amines is 1. The highest BCUT2D eigenvalue weighted by atomic mass is 35.5. The first-order valence-electron chi connectivity index (χ1n) is 9.45. The number of rotatable bonds is 9. The summed E-state index contributed by atoms with van der Waals surface area (Å²) < 4.78 is 33.0. The number of aryl methyl sites for hydroxylation is 1. The lowest BCUT2D eigenvalue weighted by Crippen LogP contribution is -2.12. The predicted molar refractivity (Wildman–Crippen MR) is 122 cm³/mol. The van der Waals surface area contributed by atoms with Gasteiger partial charge < -0.3 is 9.72 Å². The molecule has 160 valence electrons. The van der Waals surface area contributed by atoms with E-state index < -0.39 is 10.0 Å². The van der Waals surface area contributed by atoms with Gasteiger partial charge in [0, 0.05) is 34.1 Å². The number of sulfonamides is 1. The highest BCUT2D eigenvalue weighted by Crippen LogP contribution is 2.22. The minimum Gasteiger partial charge on any atom is -0.494 e. The van der Waals surface area contributed by atoms with E-state index in [1.807, 2.05) is 12.1 Å². The van der Waals surface area contributed by atoms with Gasteiger partial charge in [0.1, 0.15) is 11.6 Å². The van der Waals surface area contributed by atoms with Crippen LogP contribution in [0.5, 0.6) is 5.75 Å². The second kappa shape index (κ2) is 9.51. The molecule has 0 radical (unpaired) electrons. The third-order valence-electron chi connectivity index (χ3n) is 4.39. The molecule has 2 aromatic heterocycles. The Morgan fingerprint density at radius 2 is 1.84 bits per heavy atom. The van der Waals surface area contributed by atoms with Crippen LogP contribution in [0.4, 0.5) is 5.13 Å². The second-order valence-corrected chi connectivity index (χ2v) is 9.64. The molecule has 2 N–H and O–H groups in total. The Hall–Kier alpha value is -2.88. The van der Waals surface area contributed by atoms with Crippen LogP contribution < -0.4 is 9.46 Å². The molecule has 0 aliphatic rings. The smallest absolute Gasteiger partial charge is 0.263 e. The van der Waals surface area contributed by atoms with Gasteiger partial charge >= 0.3 is 0 Å². The molecule has 7 nitrogen and oxygen atoms in total. The summed E-state index contributed by atoms with van der Waals surface area (Å²) in [6, 6.07) is 13.8. The van der Waals surface area contributed by atoms with Crippen LogP contribution in [0.2, 0.25) is 5.02 Å². The van der Waals surface area contributed by atoms with Gasteiger partial charge in [-0.05, 0) is 61.4 Å². The standard InChI is InChI=1S/C21H19ClN4O3S2/c22-16-5-7-18(8-6-16)29-12-1-2-17-14-24-20(25-17)15-3-9-19(10-4-15)31(27,28)26-21-23-11-13-30-21/h3-11,13-14H,1-2,12H2,(H,23,26)(H,24,25). The number of nitrogens with one attached hydrogen (secondary N) is 2. The van der Waals surface area contributed by atoms with E-state index in [4.69, 9.17) is 16.3 Å². The maximum Gasteiger partial charge on any atom is 0.263 e. The molecule has 0 amide bonds. The highest BCUT2D eigenvalue weighted by molar-refractivity contribution is 7.93. The molecule has 0 spiro atoms. The molecule has 4 rings (SSSR count). The zero-order valence-electron chi connectivity index (χ0n) is 16.3. The van der Waals surface area contributed by atoms with Crippen molar-refractivity contribution in [3.05, 3.63) is 77.0 Å². The van der Waals surface area contributed by atoms with E-state index in [2.05, 4.69) is 19.7 Å². The summed E-state index contributed by atoms with van der Waals surface area (Å²) in [5, 5.41) is 2.72. The molecule has 2 aromatic carbocycles. The Morgan fingerprint density at radius 1 is 1.06 bits per heavy atom. The quantitative estimate of drug-likeness (QED) is 0.333. The minimum absolute atomic E-state index is 0.164. The lowest BCUT2D eigenvalue weighted by atomic mass is 10.2. The summed E-state index contributed by atoms with van der Waals surface area (Å²) in [6.07, 6.45) is 4.94. The van der Waals surface area contributed by atoms with Crippen molar-refractivity contribution in [3.8, 4) is 17.1 Å². The molecule has 0 fully saturated rings. The minimum atomic E-state index is -3.67. The van der Waals surface area contributed by atoms with Gasteiger partial charge in [0.15, 0.2) is 5.13 Å². The average molecular weight is 475 g/mol. The topological polar surface area (TPSA) is 97.0 Å². The molecule has 31 heavy (non-hydrogen) atoms. The molecule has 0 aliphatic carbocycles. The molecule has 0 unspecified atom stereocenters. The number of nitrogens with zero attached hydrogens (tertiary/aromatic N) is 2. The van der Waals surface area contributed by atoms with Crippen molar-refractivity contribution in [2.75, 3.05) is 11.3 Å². The van der Waals surface area contributed by atoms with Gasteiger partial charge in [-0.15, -0.1) is 11.3 Å². The number of halogens is 1. The molecule has 0 saturated heterocycles. The fourth-order valence-corrected chi connectivity index (χ4v) is 4.77. The summed E-state index contributed by atoms with van der Waals surface area (Å²) in [5.41, 5.74) is 1.79. The molecule has 0 aliphatic heterocycles. The van der Waals surface area contributed by atoms with E-state index in [9.17, 15) is 8.42 Å². The number of hydrogen-bond donors (Lipinski definition) is 2. The zero-order valence-corrected chi connectivity index (χ0v) is 18.7. The van der Waals surface area contributed by atoms with Crippen LogP contribution in [0.15, 0.2) is 71.2 Å². The fraction of sp³-hybridized carbons (Fsp3) is 0.143. The summed E-state index contributed by atoms with van der Waals surface area (Å²) in [5.74, 6) is 1.47. The van der Waals surface area contributed by atoms with E-state index in [0.29, 0.717) is 22.6 Å². The van der Waals surface area contributed by atoms with E-state index in [0.717, 1.165) is 29.8 Å². The number of benzene rings is 2. The SMILES string of the molecule is O=S(=O)(Nc1nccs1)c1ccc(-c2ncc(CCCOc3ccc(Cl)cc3)[nH]2)cc1. The maximum absolute atomic E-state index is 12.4. The lowest BCUT2D eigenvalue weighted by molar-refractivity contribution is 0.310. The van der Waals surface area contributed by atoms with Crippen molar-refractivity contribution < 1.29 is 13.2 Å². The van der Waals surface area contributed by atoms with Crippen LogP contribution >= 0.6 is 22.9 Å². The summed E-state index contributed by atoms with van der Waals surface area (Å²) in [7, 11) is -3.67. The normalized spacial score (nSPS) is 11.4. The van der Waals surface area contributed by atoms with E-state index >= 15 is 0 Å². The molecule has 0 atom stereocenters. The van der Waals surface area contributed by atoms with Gasteiger partial charge in [-0.2, -0.15) is 0 Å². The molecule has 2 heterocycles. The number of H-pyrrole nitrogens is 1. The van der Waals surface area contributed by atoms with Crippen molar-refractivity contribution in [1.82, 2.24) is 15.0 Å². The predicted octanol–water partition coefficient (Wildman–Crippen LogP) is 5.00. The van der Waals surface area contributed by atoms with Crippen molar-refractivity contribution >= 4 is 38.1 Å². The first-order chi connectivity index (χ1) is 15.0. The van der Waals surface area contributed by atoms with Crippen molar-refractivity contribution in [2.45, 2.75) is 17.7 Å². The van der Waals surface area contributed by atoms with Gasteiger partial charge in [0.25, 0.3) is 10.0 Å². The van der Waals surface area contributed by atoms with Gasteiger partial charge in [0.05, 0.1) is 11.5 Å². The maximum atomic E-state index is 12.4. The third-order valence-corrected chi connectivity index (χ3v) is 6.82. The fourth-order valence-electron chi connectivity index (χ4n) is 2.86. The Labute approximate surface area is 189 Å². The number of aromatic nitrogens is 3.